The van der Waals surface area contributed by atoms with Crippen LogP contribution in [-0.2, 0) is 28.3 Å². The number of amides is 2. The fourth-order valence-electron chi connectivity index (χ4n) is 3.71. The van der Waals surface area contributed by atoms with E-state index in [-0.39, 0.29) is 35.8 Å². The lowest BCUT2D eigenvalue weighted by Gasteiger charge is -2.32. The third-order valence-corrected chi connectivity index (χ3v) is 7.02. The summed E-state index contributed by atoms with van der Waals surface area (Å²) in [5.74, 6) is 0.408. The zero-order valence-corrected chi connectivity index (χ0v) is 22.2. The summed E-state index contributed by atoms with van der Waals surface area (Å²) in [6.45, 7) is 4.82. The van der Waals surface area contributed by atoms with Crippen LogP contribution in [0, 0.1) is 11.7 Å². The van der Waals surface area contributed by atoms with Crippen LogP contribution in [0.1, 0.15) is 30.5 Å². The molecular formula is C29H32ClFN2O2S. The van der Waals surface area contributed by atoms with Crippen LogP contribution in [0.5, 0.6) is 0 Å². The second-order valence-electron chi connectivity index (χ2n) is 9.08. The van der Waals surface area contributed by atoms with E-state index in [0.717, 1.165) is 16.7 Å². The highest BCUT2D eigenvalue weighted by atomic mass is 35.5. The van der Waals surface area contributed by atoms with E-state index in [2.05, 4.69) is 5.32 Å². The molecule has 190 valence electrons. The highest BCUT2D eigenvalue weighted by molar-refractivity contribution is 7.99. The van der Waals surface area contributed by atoms with Crippen molar-refractivity contribution in [2.45, 2.75) is 38.6 Å². The van der Waals surface area contributed by atoms with Gasteiger partial charge in [-0.25, -0.2) is 4.39 Å². The normalized spacial score (nSPS) is 11.8. The number of carbonyl (C=O) groups excluding carboxylic acids is 2. The highest BCUT2D eigenvalue weighted by Crippen LogP contribution is 2.22. The molecule has 0 saturated heterocycles. The zero-order chi connectivity index (χ0) is 25.9. The smallest absolute Gasteiger partial charge is 0.243 e. The Hall–Kier alpha value is -2.83. The van der Waals surface area contributed by atoms with Gasteiger partial charge in [0.1, 0.15) is 11.9 Å². The third-order valence-electron chi connectivity index (χ3n) is 5.66. The lowest BCUT2D eigenvalue weighted by Crippen LogP contribution is -2.51. The lowest BCUT2D eigenvalue weighted by molar-refractivity contribution is -0.139. The van der Waals surface area contributed by atoms with E-state index in [1.54, 1.807) is 23.1 Å². The van der Waals surface area contributed by atoms with Crippen molar-refractivity contribution in [2.24, 2.45) is 5.92 Å². The van der Waals surface area contributed by atoms with Gasteiger partial charge in [0.25, 0.3) is 0 Å². The zero-order valence-electron chi connectivity index (χ0n) is 20.6. The summed E-state index contributed by atoms with van der Waals surface area (Å²) >= 11 is 7.88. The van der Waals surface area contributed by atoms with Crippen LogP contribution in [0.25, 0.3) is 0 Å². The number of hydrogen-bond donors (Lipinski definition) is 1. The van der Waals surface area contributed by atoms with E-state index in [1.165, 1.54) is 23.9 Å². The van der Waals surface area contributed by atoms with Crippen molar-refractivity contribution < 1.29 is 14.0 Å². The van der Waals surface area contributed by atoms with Gasteiger partial charge in [-0.05, 0) is 40.8 Å². The summed E-state index contributed by atoms with van der Waals surface area (Å²) in [5, 5.41) is 3.57. The maximum absolute atomic E-state index is 13.6. The van der Waals surface area contributed by atoms with E-state index in [9.17, 15) is 14.0 Å². The highest BCUT2D eigenvalue weighted by Gasteiger charge is 2.30. The van der Waals surface area contributed by atoms with Gasteiger partial charge in [0.2, 0.25) is 11.8 Å². The molecule has 0 aliphatic carbocycles. The Morgan fingerprint density at radius 3 is 2.28 bits per heavy atom. The Labute approximate surface area is 222 Å². The molecule has 1 N–H and O–H groups in total. The molecule has 1 unspecified atom stereocenters. The molecule has 7 heteroatoms. The van der Waals surface area contributed by atoms with Crippen LogP contribution in [0.15, 0.2) is 78.9 Å². The predicted molar refractivity (Wildman–Crippen MR) is 146 cm³/mol. The number of hydrogen-bond acceptors (Lipinski definition) is 3. The van der Waals surface area contributed by atoms with Gasteiger partial charge >= 0.3 is 0 Å². The molecule has 3 aromatic carbocycles. The maximum Gasteiger partial charge on any atom is 0.243 e. The largest absolute Gasteiger partial charge is 0.354 e. The first-order valence-electron chi connectivity index (χ1n) is 12.0. The van der Waals surface area contributed by atoms with Gasteiger partial charge in [-0.3, -0.25) is 9.59 Å². The number of carbonyl (C=O) groups is 2. The molecule has 0 aromatic heterocycles. The molecule has 0 aliphatic rings. The molecular weight excluding hydrogens is 495 g/mol. The molecule has 0 bridgehead atoms. The van der Waals surface area contributed by atoms with Crippen molar-refractivity contribution in [1.82, 2.24) is 10.2 Å². The Morgan fingerprint density at radius 2 is 1.61 bits per heavy atom. The van der Waals surface area contributed by atoms with Gasteiger partial charge in [0.05, 0.1) is 5.75 Å². The fraction of sp³-hybridized carbons (Fsp3) is 0.310. The molecule has 0 aliphatic heterocycles. The molecule has 0 heterocycles. The molecule has 0 saturated carbocycles. The minimum absolute atomic E-state index is 0.150. The minimum Gasteiger partial charge on any atom is -0.354 e. The van der Waals surface area contributed by atoms with Crippen molar-refractivity contribution in [1.29, 1.82) is 0 Å². The van der Waals surface area contributed by atoms with Crippen molar-refractivity contribution >= 4 is 35.2 Å². The molecule has 36 heavy (non-hydrogen) atoms. The number of halogens is 2. The Bertz CT molecular complexity index is 1130. The molecule has 0 radical (unpaired) electrons. The van der Waals surface area contributed by atoms with Crippen LogP contribution >= 0.6 is 23.4 Å². The number of nitrogens with one attached hydrogen (secondary N) is 1. The van der Waals surface area contributed by atoms with Crippen LogP contribution in [0.4, 0.5) is 4.39 Å². The first-order valence-corrected chi connectivity index (χ1v) is 13.5. The second kappa shape index (κ2) is 14.0. The minimum atomic E-state index is -0.693. The van der Waals surface area contributed by atoms with Crippen LogP contribution in [0.2, 0.25) is 5.02 Å². The van der Waals surface area contributed by atoms with E-state index >= 15 is 0 Å². The third kappa shape index (κ3) is 8.68. The van der Waals surface area contributed by atoms with Crippen LogP contribution in [0.3, 0.4) is 0 Å². The van der Waals surface area contributed by atoms with Crippen molar-refractivity contribution in [3.8, 4) is 0 Å². The van der Waals surface area contributed by atoms with Crippen molar-refractivity contribution in [3.63, 3.8) is 0 Å². The number of nitrogens with zero attached hydrogens (tertiary/aromatic N) is 1. The van der Waals surface area contributed by atoms with Gasteiger partial charge < -0.3 is 10.2 Å². The Morgan fingerprint density at radius 1 is 0.944 bits per heavy atom. The fourth-order valence-corrected chi connectivity index (χ4v) is 4.77. The summed E-state index contributed by atoms with van der Waals surface area (Å²) in [6.07, 6.45) is 0.392. The summed E-state index contributed by atoms with van der Waals surface area (Å²) < 4.78 is 13.2. The molecule has 0 spiro atoms. The summed E-state index contributed by atoms with van der Waals surface area (Å²) in [7, 11) is 0. The molecule has 1 atom stereocenters. The molecule has 0 fully saturated rings. The number of rotatable bonds is 12. The van der Waals surface area contributed by atoms with E-state index in [0.29, 0.717) is 23.7 Å². The van der Waals surface area contributed by atoms with Gasteiger partial charge in [-0.15, -0.1) is 11.8 Å². The van der Waals surface area contributed by atoms with Gasteiger partial charge in [-0.1, -0.05) is 86.1 Å². The number of thioether (sulfide) groups is 1. The predicted octanol–water partition coefficient (Wildman–Crippen LogP) is 6.12. The second-order valence-corrected chi connectivity index (χ2v) is 10.5. The van der Waals surface area contributed by atoms with Crippen LogP contribution < -0.4 is 5.32 Å². The molecule has 4 nitrogen and oxygen atoms in total. The van der Waals surface area contributed by atoms with E-state index in [4.69, 9.17) is 11.6 Å². The van der Waals surface area contributed by atoms with Gasteiger partial charge in [0.15, 0.2) is 0 Å². The van der Waals surface area contributed by atoms with Crippen molar-refractivity contribution in [3.05, 3.63) is 106 Å². The first kappa shape index (κ1) is 27.8. The van der Waals surface area contributed by atoms with Gasteiger partial charge in [-0.2, -0.15) is 0 Å². The summed E-state index contributed by atoms with van der Waals surface area (Å²) in [5.41, 5.74) is 2.69. The van der Waals surface area contributed by atoms with E-state index < -0.39 is 6.04 Å². The molecule has 2 amide bonds. The van der Waals surface area contributed by atoms with Crippen LogP contribution in [-0.4, -0.2) is 35.1 Å². The molecule has 3 aromatic rings. The van der Waals surface area contributed by atoms with Gasteiger partial charge in [0, 0.05) is 30.3 Å². The first-order chi connectivity index (χ1) is 17.3. The average molecular weight is 527 g/mol. The molecule has 3 rings (SSSR count). The Balaban J connectivity index is 1.84. The van der Waals surface area contributed by atoms with E-state index in [1.807, 2.05) is 62.4 Å². The quantitative estimate of drug-likeness (QED) is 0.309. The number of benzene rings is 3. The topological polar surface area (TPSA) is 49.4 Å². The lowest BCUT2D eigenvalue weighted by atomic mass is 10.0. The summed E-state index contributed by atoms with van der Waals surface area (Å²) in [6, 6.07) is 22.6. The summed E-state index contributed by atoms with van der Waals surface area (Å²) in [4.78, 5) is 28.7. The maximum atomic E-state index is 13.6. The Kier molecular flexibility index (Phi) is 10.8. The SMILES string of the molecule is CC(C)CNC(=O)C(Cc1ccccc1)N(Cc1ccccc1Cl)C(=O)CSCc1ccc(F)cc1. The van der Waals surface area contributed by atoms with Crippen molar-refractivity contribution in [2.75, 3.05) is 12.3 Å². The standard InChI is InChI=1S/C29H32ClFN2O2S/c1-21(2)17-32-29(35)27(16-22-8-4-3-5-9-22)33(18-24-10-6-7-11-26(24)30)28(34)20-36-19-23-12-14-25(31)15-13-23/h3-15,21,27H,16-20H2,1-2H3,(H,32,35). The monoisotopic (exact) mass is 526 g/mol. The average Bonchev–Trinajstić information content (AvgIpc) is 2.87.